The molecule has 0 bridgehead atoms. The minimum absolute atomic E-state index is 0.210. The molecule has 0 unspecified atom stereocenters. The summed E-state index contributed by atoms with van der Waals surface area (Å²) in [5.74, 6) is 1.77. The van der Waals surface area contributed by atoms with Crippen LogP contribution in [0.3, 0.4) is 0 Å². The van der Waals surface area contributed by atoms with Gasteiger partial charge in [-0.05, 0) is 25.0 Å². The normalized spacial score (nSPS) is 18.0. The van der Waals surface area contributed by atoms with Gasteiger partial charge < -0.3 is 10.5 Å². The van der Waals surface area contributed by atoms with Crippen molar-refractivity contribution in [2.24, 2.45) is 5.73 Å². The molecule has 1 aliphatic rings. The fraction of sp³-hybridized carbons (Fsp3) is 0.364. The van der Waals surface area contributed by atoms with E-state index in [1.165, 1.54) is 0 Å². The first-order chi connectivity index (χ1) is 7.23. The third-order valence-electron chi connectivity index (χ3n) is 2.97. The lowest BCUT2D eigenvalue weighted by Crippen LogP contribution is -2.22. The van der Waals surface area contributed by atoms with Gasteiger partial charge in [0.25, 0.3) is 0 Å². The Bertz CT molecular complexity index is 514. The molecule has 1 saturated carbocycles. The summed E-state index contributed by atoms with van der Waals surface area (Å²) < 4.78 is 7.21. The highest BCUT2D eigenvalue weighted by molar-refractivity contribution is 5.49. The van der Waals surface area contributed by atoms with Gasteiger partial charge in [0.2, 0.25) is 0 Å². The van der Waals surface area contributed by atoms with Gasteiger partial charge in [0.1, 0.15) is 11.6 Å². The number of imidazole rings is 1. The number of aromatic nitrogens is 2. The Morgan fingerprint density at radius 1 is 1.47 bits per heavy atom. The maximum absolute atomic E-state index is 6.15. The standard InChI is InChI=1S/C11H13N3O/c1-15-9-3-2-8-6-13-10(14(8)7-9)11(12)4-5-11/h2-3,6-7H,4-5,12H2,1H3. The number of ether oxygens (including phenoxy) is 1. The summed E-state index contributed by atoms with van der Waals surface area (Å²) >= 11 is 0. The molecule has 0 aromatic carbocycles. The van der Waals surface area contributed by atoms with Crippen molar-refractivity contribution in [3.63, 3.8) is 0 Å². The van der Waals surface area contributed by atoms with Crippen LogP contribution in [-0.2, 0) is 5.54 Å². The molecular formula is C11H13N3O. The Balaban J connectivity index is 2.22. The van der Waals surface area contributed by atoms with Crippen molar-refractivity contribution in [3.8, 4) is 5.75 Å². The van der Waals surface area contributed by atoms with Gasteiger partial charge in [-0.1, -0.05) is 0 Å². The molecular weight excluding hydrogens is 190 g/mol. The predicted molar refractivity (Wildman–Crippen MR) is 56.8 cm³/mol. The summed E-state index contributed by atoms with van der Waals surface area (Å²) in [7, 11) is 1.66. The predicted octanol–water partition coefficient (Wildman–Crippen LogP) is 1.29. The minimum atomic E-state index is -0.210. The Morgan fingerprint density at radius 2 is 2.27 bits per heavy atom. The molecule has 1 fully saturated rings. The first-order valence-electron chi connectivity index (χ1n) is 5.03. The van der Waals surface area contributed by atoms with Crippen molar-refractivity contribution in [2.45, 2.75) is 18.4 Å². The molecule has 15 heavy (non-hydrogen) atoms. The Labute approximate surface area is 87.7 Å². The highest BCUT2D eigenvalue weighted by Crippen LogP contribution is 2.42. The van der Waals surface area contributed by atoms with Crippen LogP contribution in [0.5, 0.6) is 5.75 Å². The SMILES string of the molecule is COc1ccc2cnc(C3(N)CC3)n2c1. The van der Waals surface area contributed by atoms with E-state index in [2.05, 4.69) is 4.98 Å². The van der Waals surface area contributed by atoms with E-state index in [1.807, 2.05) is 28.9 Å². The molecule has 0 saturated heterocycles. The van der Waals surface area contributed by atoms with Gasteiger partial charge in [0.15, 0.2) is 0 Å². The minimum Gasteiger partial charge on any atom is -0.495 e. The van der Waals surface area contributed by atoms with Crippen LogP contribution in [-0.4, -0.2) is 16.5 Å². The topological polar surface area (TPSA) is 52.5 Å². The lowest BCUT2D eigenvalue weighted by molar-refractivity contribution is 0.412. The van der Waals surface area contributed by atoms with E-state index in [9.17, 15) is 0 Å². The molecule has 2 heterocycles. The smallest absolute Gasteiger partial charge is 0.135 e. The van der Waals surface area contributed by atoms with Crippen molar-refractivity contribution < 1.29 is 4.74 Å². The third kappa shape index (κ3) is 1.22. The van der Waals surface area contributed by atoms with Crippen molar-refractivity contribution in [1.29, 1.82) is 0 Å². The van der Waals surface area contributed by atoms with E-state index in [-0.39, 0.29) is 5.54 Å². The quantitative estimate of drug-likeness (QED) is 0.800. The largest absolute Gasteiger partial charge is 0.495 e. The number of pyridine rings is 1. The van der Waals surface area contributed by atoms with Crippen LogP contribution in [0.25, 0.3) is 5.52 Å². The second-order valence-corrected chi connectivity index (χ2v) is 4.10. The van der Waals surface area contributed by atoms with Crippen molar-refractivity contribution in [2.75, 3.05) is 7.11 Å². The molecule has 4 heteroatoms. The Kier molecular flexibility index (Phi) is 1.59. The molecule has 2 aromatic rings. The number of nitrogens with two attached hydrogens (primary N) is 1. The first kappa shape index (κ1) is 8.73. The molecule has 78 valence electrons. The summed E-state index contributed by atoms with van der Waals surface area (Å²) in [5.41, 5.74) is 6.99. The zero-order valence-electron chi connectivity index (χ0n) is 8.60. The number of hydrogen-bond acceptors (Lipinski definition) is 3. The van der Waals surface area contributed by atoms with Crippen molar-refractivity contribution in [3.05, 3.63) is 30.4 Å². The number of methoxy groups -OCH3 is 1. The lowest BCUT2D eigenvalue weighted by atomic mass is 10.3. The highest BCUT2D eigenvalue weighted by Gasteiger charge is 2.43. The van der Waals surface area contributed by atoms with Crippen LogP contribution in [0.4, 0.5) is 0 Å². The summed E-state index contributed by atoms with van der Waals surface area (Å²) in [4.78, 5) is 4.39. The van der Waals surface area contributed by atoms with Crippen LogP contribution in [0.1, 0.15) is 18.7 Å². The number of fused-ring (bicyclic) bond motifs is 1. The fourth-order valence-corrected chi connectivity index (χ4v) is 1.82. The zero-order valence-corrected chi connectivity index (χ0v) is 8.60. The molecule has 0 aliphatic heterocycles. The maximum Gasteiger partial charge on any atom is 0.135 e. The summed E-state index contributed by atoms with van der Waals surface area (Å²) in [6.07, 6.45) is 5.82. The zero-order chi connectivity index (χ0) is 10.5. The molecule has 2 aromatic heterocycles. The average molecular weight is 203 g/mol. The number of nitrogens with zero attached hydrogens (tertiary/aromatic N) is 2. The first-order valence-corrected chi connectivity index (χ1v) is 5.03. The van der Waals surface area contributed by atoms with Gasteiger partial charge >= 0.3 is 0 Å². The second kappa shape index (κ2) is 2.73. The van der Waals surface area contributed by atoms with Crippen molar-refractivity contribution in [1.82, 2.24) is 9.38 Å². The van der Waals surface area contributed by atoms with Crippen LogP contribution in [0.2, 0.25) is 0 Å². The monoisotopic (exact) mass is 203 g/mol. The van der Waals surface area contributed by atoms with E-state index in [0.29, 0.717) is 0 Å². The maximum atomic E-state index is 6.15. The number of hydrogen-bond donors (Lipinski definition) is 1. The highest BCUT2D eigenvalue weighted by atomic mass is 16.5. The molecule has 3 rings (SSSR count). The van der Waals surface area contributed by atoms with E-state index < -0.39 is 0 Å². The molecule has 4 nitrogen and oxygen atoms in total. The van der Waals surface area contributed by atoms with Crippen molar-refractivity contribution >= 4 is 5.52 Å². The Hall–Kier alpha value is -1.55. The van der Waals surface area contributed by atoms with Crippen LogP contribution in [0, 0.1) is 0 Å². The fourth-order valence-electron chi connectivity index (χ4n) is 1.82. The van der Waals surface area contributed by atoms with E-state index >= 15 is 0 Å². The van der Waals surface area contributed by atoms with E-state index in [0.717, 1.165) is 29.9 Å². The lowest BCUT2D eigenvalue weighted by Gasteiger charge is -2.08. The van der Waals surface area contributed by atoms with Gasteiger partial charge in [-0.3, -0.25) is 4.40 Å². The average Bonchev–Trinajstić information content (AvgIpc) is 2.86. The molecule has 0 spiro atoms. The molecule has 0 amide bonds. The van der Waals surface area contributed by atoms with Gasteiger partial charge in [-0.25, -0.2) is 4.98 Å². The van der Waals surface area contributed by atoms with Crippen LogP contribution < -0.4 is 10.5 Å². The molecule has 1 aliphatic carbocycles. The summed E-state index contributed by atoms with van der Waals surface area (Å²) in [6.45, 7) is 0. The molecule has 2 N–H and O–H groups in total. The number of rotatable bonds is 2. The van der Waals surface area contributed by atoms with Gasteiger partial charge in [0, 0.05) is 0 Å². The van der Waals surface area contributed by atoms with Crippen LogP contribution >= 0.6 is 0 Å². The van der Waals surface area contributed by atoms with Crippen LogP contribution in [0.15, 0.2) is 24.5 Å². The third-order valence-corrected chi connectivity index (χ3v) is 2.97. The Morgan fingerprint density at radius 3 is 2.93 bits per heavy atom. The van der Waals surface area contributed by atoms with Gasteiger partial charge in [0.05, 0.1) is 30.6 Å². The molecule has 0 atom stereocenters. The van der Waals surface area contributed by atoms with E-state index in [4.69, 9.17) is 10.5 Å². The summed E-state index contributed by atoms with van der Waals surface area (Å²) in [5, 5.41) is 0. The van der Waals surface area contributed by atoms with Gasteiger partial charge in [-0.2, -0.15) is 0 Å². The summed E-state index contributed by atoms with van der Waals surface area (Å²) in [6, 6.07) is 3.91. The second-order valence-electron chi connectivity index (χ2n) is 4.10. The van der Waals surface area contributed by atoms with Gasteiger partial charge in [-0.15, -0.1) is 0 Å². The molecule has 0 radical (unpaired) electrons. The van der Waals surface area contributed by atoms with E-state index in [1.54, 1.807) is 7.11 Å².